The van der Waals surface area contributed by atoms with Gasteiger partial charge in [-0.25, -0.2) is 9.59 Å². The van der Waals surface area contributed by atoms with Crippen molar-refractivity contribution >= 4 is 12.2 Å². The van der Waals surface area contributed by atoms with Crippen LogP contribution in [0.1, 0.15) is 60.8 Å². The van der Waals surface area contributed by atoms with E-state index in [1.54, 1.807) is 9.80 Å². The summed E-state index contributed by atoms with van der Waals surface area (Å²) >= 11 is 0. The monoisotopic (exact) mass is 356 g/mol. The zero-order chi connectivity index (χ0) is 19.0. The van der Waals surface area contributed by atoms with E-state index in [0.717, 1.165) is 12.8 Å². The SMILES string of the molecule is CC(C)(C)OC(=O)N1CCC[C@H]2[C@@H]1C[C@H](O)CN2C(=O)OC(C)(C)C. The van der Waals surface area contributed by atoms with Crippen LogP contribution in [0.2, 0.25) is 0 Å². The van der Waals surface area contributed by atoms with E-state index in [0.29, 0.717) is 13.0 Å². The molecule has 0 bridgehead atoms. The summed E-state index contributed by atoms with van der Waals surface area (Å²) in [6, 6.07) is -0.403. The van der Waals surface area contributed by atoms with Crippen molar-refractivity contribution in [3.8, 4) is 0 Å². The molecule has 2 aliphatic rings. The Kier molecular flexibility index (Phi) is 5.56. The van der Waals surface area contributed by atoms with Crippen molar-refractivity contribution in [3.05, 3.63) is 0 Å². The highest BCUT2D eigenvalue weighted by Gasteiger charge is 2.46. The number of β-amino-alcohol motifs (C(OH)–C–C–N with tert-alkyl or cyclic N) is 1. The van der Waals surface area contributed by atoms with Crippen LogP contribution in [0.4, 0.5) is 9.59 Å². The van der Waals surface area contributed by atoms with Crippen LogP contribution >= 0.6 is 0 Å². The molecule has 0 aromatic carbocycles. The lowest BCUT2D eigenvalue weighted by molar-refractivity contribution is -0.0634. The summed E-state index contributed by atoms with van der Waals surface area (Å²) in [6.07, 6.45) is 0.513. The van der Waals surface area contributed by atoms with Gasteiger partial charge in [-0.3, -0.25) is 0 Å². The Hall–Kier alpha value is -1.50. The molecule has 0 saturated carbocycles. The van der Waals surface area contributed by atoms with Gasteiger partial charge in [-0.15, -0.1) is 0 Å². The lowest BCUT2D eigenvalue weighted by atomic mass is 9.87. The molecule has 25 heavy (non-hydrogen) atoms. The molecule has 2 heterocycles. The minimum Gasteiger partial charge on any atom is -0.444 e. The lowest BCUT2D eigenvalue weighted by Gasteiger charge is -2.50. The summed E-state index contributed by atoms with van der Waals surface area (Å²) in [5.74, 6) is 0. The van der Waals surface area contributed by atoms with Crippen molar-refractivity contribution in [2.45, 2.75) is 90.2 Å². The number of amides is 2. The van der Waals surface area contributed by atoms with Gasteiger partial charge in [0, 0.05) is 6.54 Å². The summed E-state index contributed by atoms with van der Waals surface area (Å²) in [5, 5.41) is 10.3. The predicted molar refractivity (Wildman–Crippen MR) is 93.3 cm³/mol. The number of piperidine rings is 2. The Morgan fingerprint density at radius 3 is 1.96 bits per heavy atom. The first-order valence-electron chi connectivity index (χ1n) is 9.05. The molecule has 0 aromatic rings. The Balaban J connectivity index is 2.17. The molecule has 0 aliphatic carbocycles. The molecule has 2 saturated heterocycles. The molecule has 7 nitrogen and oxygen atoms in total. The van der Waals surface area contributed by atoms with E-state index in [9.17, 15) is 14.7 Å². The van der Waals surface area contributed by atoms with Crippen molar-refractivity contribution in [1.29, 1.82) is 0 Å². The number of likely N-dealkylation sites (tertiary alicyclic amines) is 2. The normalized spacial score (nSPS) is 27.6. The largest absolute Gasteiger partial charge is 0.444 e. The number of carbonyl (C=O) groups is 2. The van der Waals surface area contributed by atoms with Crippen LogP contribution < -0.4 is 0 Å². The molecule has 0 radical (unpaired) electrons. The minimum absolute atomic E-state index is 0.153. The average molecular weight is 356 g/mol. The topological polar surface area (TPSA) is 79.3 Å². The first-order valence-corrected chi connectivity index (χ1v) is 9.05. The van der Waals surface area contributed by atoms with Crippen LogP contribution in [0.25, 0.3) is 0 Å². The molecule has 2 aliphatic heterocycles. The molecule has 0 unspecified atom stereocenters. The van der Waals surface area contributed by atoms with E-state index in [1.807, 2.05) is 41.5 Å². The summed E-state index contributed by atoms with van der Waals surface area (Å²) in [7, 11) is 0. The maximum absolute atomic E-state index is 12.6. The molecule has 2 rings (SSSR count). The van der Waals surface area contributed by atoms with Gasteiger partial charge in [-0.1, -0.05) is 0 Å². The standard InChI is InChI=1S/C18H32N2O5/c1-17(2,3)24-15(22)19-9-7-8-13-14(19)10-12(21)11-20(13)16(23)25-18(4,5)6/h12-14,21H,7-11H2,1-6H3/t12-,13-,14-/m0/s1. The van der Waals surface area contributed by atoms with Crippen LogP contribution in [0.3, 0.4) is 0 Å². The molecule has 3 atom stereocenters. The van der Waals surface area contributed by atoms with Crippen molar-refractivity contribution in [2.75, 3.05) is 13.1 Å². The van der Waals surface area contributed by atoms with E-state index in [2.05, 4.69) is 0 Å². The predicted octanol–water partition coefficient (Wildman–Crippen LogP) is 2.76. The Morgan fingerprint density at radius 1 is 0.920 bits per heavy atom. The van der Waals surface area contributed by atoms with E-state index >= 15 is 0 Å². The van der Waals surface area contributed by atoms with Gasteiger partial charge in [0.25, 0.3) is 0 Å². The third kappa shape index (κ3) is 5.23. The first-order chi connectivity index (χ1) is 11.4. The van der Waals surface area contributed by atoms with Gasteiger partial charge < -0.3 is 24.4 Å². The quantitative estimate of drug-likeness (QED) is 0.722. The van der Waals surface area contributed by atoms with E-state index in [1.165, 1.54) is 0 Å². The fraction of sp³-hybridized carbons (Fsp3) is 0.889. The van der Waals surface area contributed by atoms with Crippen molar-refractivity contribution in [3.63, 3.8) is 0 Å². The molecule has 2 amide bonds. The second kappa shape index (κ2) is 7.02. The second-order valence-electron chi connectivity index (χ2n) is 8.97. The van der Waals surface area contributed by atoms with Crippen LogP contribution in [0.5, 0.6) is 0 Å². The molecule has 144 valence electrons. The number of hydrogen-bond acceptors (Lipinski definition) is 5. The zero-order valence-electron chi connectivity index (χ0n) is 16.2. The highest BCUT2D eigenvalue weighted by molar-refractivity contribution is 5.71. The van der Waals surface area contributed by atoms with E-state index in [-0.39, 0.29) is 24.7 Å². The molecule has 0 spiro atoms. The number of fused-ring (bicyclic) bond motifs is 1. The summed E-state index contributed by atoms with van der Waals surface area (Å²) in [4.78, 5) is 28.4. The van der Waals surface area contributed by atoms with Crippen LogP contribution in [0.15, 0.2) is 0 Å². The van der Waals surface area contributed by atoms with Gasteiger partial charge >= 0.3 is 12.2 Å². The first kappa shape index (κ1) is 19.8. The third-order valence-electron chi connectivity index (χ3n) is 4.32. The minimum atomic E-state index is -0.684. The number of aliphatic hydroxyl groups is 1. The maximum Gasteiger partial charge on any atom is 0.410 e. The average Bonchev–Trinajstić information content (AvgIpc) is 2.41. The van der Waals surface area contributed by atoms with Gasteiger partial charge in [-0.2, -0.15) is 0 Å². The fourth-order valence-electron chi connectivity index (χ4n) is 3.48. The Labute approximate surface area is 150 Å². The highest BCUT2D eigenvalue weighted by atomic mass is 16.6. The smallest absolute Gasteiger partial charge is 0.410 e. The van der Waals surface area contributed by atoms with Gasteiger partial charge in [0.1, 0.15) is 11.2 Å². The number of hydrogen-bond donors (Lipinski definition) is 1. The second-order valence-corrected chi connectivity index (χ2v) is 8.97. The number of nitrogens with zero attached hydrogens (tertiary/aromatic N) is 2. The molecule has 0 aromatic heterocycles. The lowest BCUT2D eigenvalue weighted by Crippen LogP contribution is -2.64. The highest BCUT2D eigenvalue weighted by Crippen LogP contribution is 2.32. The van der Waals surface area contributed by atoms with Crippen molar-refractivity contribution in [2.24, 2.45) is 0 Å². The Morgan fingerprint density at radius 2 is 1.44 bits per heavy atom. The van der Waals surface area contributed by atoms with Gasteiger partial charge in [0.15, 0.2) is 0 Å². The Bertz CT molecular complexity index is 509. The van der Waals surface area contributed by atoms with Crippen molar-refractivity contribution in [1.82, 2.24) is 9.80 Å². The van der Waals surface area contributed by atoms with E-state index in [4.69, 9.17) is 9.47 Å². The zero-order valence-corrected chi connectivity index (χ0v) is 16.2. The van der Waals surface area contributed by atoms with Crippen LogP contribution in [-0.2, 0) is 9.47 Å². The third-order valence-corrected chi connectivity index (χ3v) is 4.32. The fourth-order valence-corrected chi connectivity index (χ4v) is 3.48. The molecule has 7 heteroatoms. The van der Waals surface area contributed by atoms with Crippen LogP contribution in [0, 0.1) is 0 Å². The molecular formula is C18H32N2O5. The number of aliphatic hydroxyl groups excluding tert-OH is 1. The molecule has 2 fully saturated rings. The summed E-state index contributed by atoms with van der Waals surface area (Å²) in [6.45, 7) is 11.7. The summed E-state index contributed by atoms with van der Waals surface area (Å²) in [5.41, 5.74) is -1.18. The van der Waals surface area contributed by atoms with Crippen LogP contribution in [-0.4, -0.2) is 69.6 Å². The summed E-state index contributed by atoms with van der Waals surface area (Å²) < 4.78 is 11.0. The number of rotatable bonds is 0. The molecular weight excluding hydrogens is 324 g/mol. The maximum atomic E-state index is 12.6. The van der Waals surface area contributed by atoms with E-state index < -0.39 is 23.4 Å². The van der Waals surface area contributed by atoms with Crippen molar-refractivity contribution < 1.29 is 24.2 Å². The van der Waals surface area contributed by atoms with Gasteiger partial charge in [-0.05, 0) is 60.8 Å². The number of ether oxygens (including phenoxy) is 2. The van der Waals surface area contributed by atoms with Gasteiger partial charge in [0.2, 0.25) is 0 Å². The molecule has 1 N–H and O–H groups in total. The number of carbonyl (C=O) groups excluding carboxylic acids is 2. The van der Waals surface area contributed by atoms with Gasteiger partial charge in [0.05, 0.1) is 24.7 Å².